The zero-order chi connectivity index (χ0) is 10.6. The molecule has 3 heterocycles. The zero-order valence-corrected chi connectivity index (χ0v) is 9.20. The van der Waals surface area contributed by atoms with E-state index in [-0.39, 0.29) is 5.41 Å². The Balaban J connectivity index is 2.42. The van der Waals surface area contributed by atoms with Gasteiger partial charge < -0.3 is 5.32 Å². The van der Waals surface area contributed by atoms with Crippen molar-refractivity contribution >= 4 is 11.3 Å². The fourth-order valence-corrected chi connectivity index (χ4v) is 2.25. The molecule has 78 valence electrons. The standard InChI is InChI=1S/C11H14N4/c1-7-5-15-10(14-7)9-8(4-13-15)12-6-11(9,2)3/h4-5,12H,6H2,1-3H3. The lowest BCUT2D eigenvalue weighted by Crippen LogP contribution is -2.19. The Labute approximate surface area is 88.3 Å². The van der Waals surface area contributed by atoms with Crippen LogP contribution in [0.15, 0.2) is 12.4 Å². The zero-order valence-electron chi connectivity index (χ0n) is 9.20. The van der Waals surface area contributed by atoms with Gasteiger partial charge in [0, 0.05) is 17.5 Å². The summed E-state index contributed by atoms with van der Waals surface area (Å²) in [4.78, 5) is 4.54. The van der Waals surface area contributed by atoms with Crippen LogP contribution in [0.25, 0.3) is 5.65 Å². The molecule has 3 rings (SSSR count). The highest BCUT2D eigenvalue weighted by atomic mass is 15.3. The summed E-state index contributed by atoms with van der Waals surface area (Å²) in [6.45, 7) is 7.41. The molecule has 1 aliphatic heterocycles. The highest BCUT2D eigenvalue weighted by Gasteiger charge is 2.33. The molecule has 1 aliphatic rings. The number of imidazole rings is 1. The van der Waals surface area contributed by atoms with Gasteiger partial charge in [0.15, 0.2) is 5.65 Å². The van der Waals surface area contributed by atoms with Crippen LogP contribution in [0.2, 0.25) is 0 Å². The van der Waals surface area contributed by atoms with Gasteiger partial charge in [0.25, 0.3) is 0 Å². The predicted molar refractivity (Wildman–Crippen MR) is 59.2 cm³/mol. The predicted octanol–water partition coefficient (Wildman–Crippen LogP) is 1.74. The summed E-state index contributed by atoms with van der Waals surface area (Å²) >= 11 is 0. The number of anilines is 1. The normalized spacial score (nSPS) is 17.8. The van der Waals surface area contributed by atoms with Gasteiger partial charge in [-0.3, -0.25) is 0 Å². The molecule has 2 aromatic heterocycles. The number of rotatable bonds is 0. The van der Waals surface area contributed by atoms with Gasteiger partial charge in [0.05, 0.1) is 23.8 Å². The summed E-state index contributed by atoms with van der Waals surface area (Å²) in [5.41, 5.74) is 4.54. The Kier molecular flexibility index (Phi) is 1.45. The highest BCUT2D eigenvalue weighted by Crippen LogP contribution is 2.37. The van der Waals surface area contributed by atoms with E-state index in [1.807, 2.05) is 23.8 Å². The van der Waals surface area contributed by atoms with Crippen molar-refractivity contribution in [2.45, 2.75) is 26.2 Å². The van der Waals surface area contributed by atoms with Crippen molar-refractivity contribution in [2.75, 3.05) is 11.9 Å². The number of aromatic nitrogens is 3. The number of nitrogens with zero attached hydrogens (tertiary/aromatic N) is 3. The average molecular weight is 202 g/mol. The third-order valence-electron chi connectivity index (χ3n) is 3.01. The Hall–Kier alpha value is -1.58. The molecule has 0 aliphatic carbocycles. The number of aryl methyl sites for hydroxylation is 1. The van der Waals surface area contributed by atoms with Crippen LogP contribution in [-0.4, -0.2) is 21.1 Å². The lowest BCUT2D eigenvalue weighted by Gasteiger charge is -2.16. The second-order valence-electron chi connectivity index (χ2n) is 4.82. The van der Waals surface area contributed by atoms with Crippen LogP contribution in [0.4, 0.5) is 5.69 Å². The molecule has 0 saturated heterocycles. The lowest BCUT2D eigenvalue weighted by atomic mass is 9.88. The van der Waals surface area contributed by atoms with Crippen LogP contribution in [-0.2, 0) is 5.41 Å². The molecule has 4 nitrogen and oxygen atoms in total. The SMILES string of the molecule is Cc1cn2ncc3c(c2n1)C(C)(C)CN3. The monoisotopic (exact) mass is 202 g/mol. The average Bonchev–Trinajstić information content (AvgIpc) is 2.65. The molecule has 0 fully saturated rings. The van der Waals surface area contributed by atoms with Crippen molar-refractivity contribution in [3.8, 4) is 0 Å². The Morgan fingerprint density at radius 1 is 1.47 bits per heavy atom. The minimum atomic E-state index is 0.136. The van der Waals surface area contributed by atoms with Gasteiger partial charge >= 0.3 is 0 Å². The molecule has 0 saturated carbocycles. The molecule has 15 heavy (non-hydrogen) atoms. The van der Waals surface area contributed by atoms with Crippen molar-refractivity contribution in [1.29, 1.82) is 0 Å². The quantitative estimate of drug-likeness (QED) is 0.707. The maximum absolute atomic E-state index is 4.54. The van der Waals surface area contributed by atoms with Crippen molar-refractivity contribution in [2.24, 2.45) is 0 Å². The largest absolute Gasteiger partial charge is 0.383 e. The first-order chi connectivity index (χ1) is 7.08. The summed E-state index contributed by atoms with van der Waals surface area (Å²) in [6, 6.07) is 0. The molecule has 0 radical (unpaired) electrons. The number of fused-ring (bicyclic) bond motifs is 3. The summed E-state index contributed by atoms with van der Waals surface area (Å²) in [7, 11) is 0. The second kappa shape index (κ2) is 2.51. The fourth-order valence-electron chi connectivity index (χ4n) is 2.25. The fraction of sp³-hybridized carbons (Fsp3) is 0.455. The van der Waals surface area contributed by atoms with Crippen molar-refractivity contribution < 1.29 is 0 Å². The topological polar surface area (TPSA) is 42.2 Å². The minimum absolute atomic E-state index is 0.136. The van der Waals surface area contributed by atoms with Gasteiger partial charge in [-0.15, -0.1) is 0 Å². The third kappa shape index (κ3) is 1.07. The van der Waals surface area contributed by atoms with Gasteiger partial charge in [-0.1, -0.05) is 13.8 Å². The molecule has 1 N–H and O–H groups in total. The van der Waals surface area contributed by atoms with Gasteiger partial charge in [0.2, 0.25) is 0 Å². The van der Waals surface area contributed by atoms with Gasteiger partial charge in [0.1, 0.15) is 0 Å². The Morgan fingerprint density at radius 2 is 2.27 bits per heavy atom. The smallest absolute Gasteiger partial charge is 0.159 e. The summed E-state index contributed by atoms with van der Waals surface area (Å²) in [5.74, 6) is 0. The molecule has 4 heteroatoms. The van der Waals surface area contributed by atoms with E-state index in [1.54, 1.807) is 0 Å². The van der Waals surface area contributed by atoms with Crippen LogP contribution in [0.3, 0.4) is 0 Å². The van der Waals surface area contributed by atoms with E-state index in [1.165, 1.54) is 5.56 Å². The molecule has 0 bridgehead atoms. The molecular formula is C11H14N4. The van der Waals surface area contributed by atoms with E-state index in [9.17, 15) is 0 Å². The van der Waals surface area contributed by atoms with Crippen molar-refractivity contribution in [3.63, 3.8) is 0 Å². The van der Waals surface area contributed by atoms with E-state index in [4.69, 9.17) is 0 Å². The van der Waals surface area contributed by atoms with E-state index >= 15 is 0 Å². The molecule has 0 aromatic carbocycles. The second-order valence-corrected chi connectivity index (χ2v) is 4.82. The van der Waals surface area contributed by atoms with Crippen LogP contribution >= 0.6 is 0 Å². The van der Waals surface area contributed by atoms with E-state index < -0.39 is 0 Å². The maximum Gasteiger partial charge on any atom is 0.159 e. The van der Waals surface area contributed by atoms with E-state index in [0.29, 0.717) is 0 Å². The van der Waals surface area contributed by atoms with Crippen molar-refractivity contribution in [1.82, 2.24) is 14.6 Å². The number of hydrogen-bond donors (Lipinski definition) is 1. The third-order valence-corrected chi connectivity index (χ3v) is 3.01. The first-order valence-electron chi connectivity index (χ1n) is 5.17. The van der Waals surface area contributed by atoms with E-state index in [0.717, 1.165) is 23.6 Å². The first kappa shape index (κ1) is 8.71. The van der Waals surface area contributed by atoms with Crippen LogP contribution in [0.5, 0.6) is 0 Å². The molecule has 0 unspecified atom stereocenters. The van der Waals surface area contributed by atoms with Crippen LogP contribution < -0.4 is 5.32 Å². The maximum atomic E-state index is 4.54. The highest BCUT2D eigenvalue weighted by molar-refractivity contribution is 5.69. The van der Waals surface area contributed by atoms with E-state index in [2.05, 4.69) is 29.2 Å². The molecular weight excluding hydrogens is 188 g/mol. The minimum Gasteiger partial charge on any atom is -0.383 e. The molecule has 0 atom stereocenters. The summed E-state index contributed by atoms with van der Waals surface area (Å²) < 4.78 is 1.86. The number of nitrogens with one attached hydrogen (secondary N) is 1. The number of hydrogen-bond acceptors (Lipinski definition) is 3. The van der Waals surface area contributed by atoms with Gasteiger partial charge in [-0.25, -0.2) is 9.50 Å². The molecule has 0 amide bonds. The Bertz CT molecular complexity index is 539. The van der Waals surface area contributed by atoms with Crippen LogP contribution in [0, 0.1) is 6.92 Å². The Morgan fingerprint density at radius 3 is 3.07 bits per heavy atom. The van der Waals surface area contributed by atoms with Crippen LogP contribution in [0.1, 0.15) is 25.1 Å². The first-order valence-corrected chi connectivity index (χ1v) is 5.17. The van der Waals surface area contributed by atoms with Crippen molar-refractivity contribution in [3.05, 3.63) is 23.7 Å². The lowest BCUT2D eigenvalue weighted by molar-refractivity contribution is 0.586. The van der Waals surface area contributed by atoms with Gasteiger partial charge in [-0.05, 0) is 6.92 Å². The molecule has 2 aromatic rings. The molecule has 0 spiro atoms. The van der Waals surface area contributed by atoms with Gasteiger partial charge in [-0.2, -0.15) is 5.10 Å². The summed E-state index contributed by atoms with van der Waals surface area (Å²) in [6.07, 6.45) is 3.85. The summed E-state index contributed by atoms with van der Waals surface area (Å²) in [5, 5.41) is 7.71.